The fourth-order valence-corrected chi connectivity index (χ4v) is 7.12. The maximum atomic E-state index is 10.2. The summed E-state index contributed by atoms with van der Waals surface area (Å²) in [7, 11) is 0. The largest absolute Gasteiger partial charge is 0.508 e. The number of fused-ring (bicyclic) bond motifs is 1. The van der Waals surface area contributed by atoms with Gasteiger partial charge in [0.1, 0.15) is 5.75 Å². The Morgan fingerprint density at radius 1 is 0.879 bits per heavy atom. The minimum Gasteiger partial charge on any atom is -0.508 e. The first-order chi connectivity index (χ1) is 15.7. The number of phenolic OH excluding ortho intramolecular Hbond substituents is 1. The van der Waals surface area contributed by atoms with Crippen molar-refractivity contribution in [1.29, 1.82) is 0 Å². The normalized spacial score (nSPS) is 26.1. The van der Waals surface area contributed by atoms with Crippen LogP contribution in [0, 0.1) is 5.92 Å². The van der Waals surface area contributed by atoms with Crippen molar-refractivity contribution >= 4 is 12.4 Å². The summed E-state index contributed by atoms with van der Waals surface area (Å²) in [6.07, 6.45) is 8.87. The predicted octanol–water partition coefficient (Wildman–Crippen LogP) is 6.78. The third-order valence-electron chi connectivity index (χ3n) is 8.68. The van der Waals surface area contributed by atoms with Crippen LogP contribution >= 0.6 is 12.4 Å². The van der Waals surface area contributed by atoms with Gasteiger partial charge in [0.25, 0.3) is 0 Å². The summed E-state index contributed by atoms with van der Waals surface area (Å²) in [6, 6.07) is 26.7. The van der Waals surface area contributed by atoms with Crippen LogP contribution in [0.25, 0.3) is 11.1 Å². The quantitative estimate of drug-likeness (QED) is 0.464. The number of hydrogen-bond acceptors (Lipinski definition) is 2. The van der Waals surface area contributed by atoms with Gasteiger partial charge in [0, 0.05) is 18.0 Å². The highest BCUT2D eigenvalue weighted by Gasteiger charge is 2.53. The number of hydrogen-bond donors (Lipinski definition) is 1. The van der Waals surface area contributed by atoms with E-state index < -0.39 is 0 Å². The van der Waals surface area contributed by atoms with Crippen LogP contribution in [0.2, 0.25) is 0 Å². The fraction of sp³-hybridized carbons (Fsp3) is 0.400. The Kier molecular flexibility index (Phi) is 6.24. The molecule has 2 nitrogen and oxygen atoms in total. The minimum absolute atomic E-state index is 0. The van der Waals surface area contributed by atoms with Crippen LogP contribution in [0.5, 0.6) is 5.75 Å². The lowest BCUT2D eigenvalue weighted by Gasteiger charge is -2.59. The van der Waals surface area contributed by atoms with Crippen molar-refractivity contribution in [3.8, 4) is 16.9 Å². The standard InChI is InChI=1S/C30H33NO.ClH/c32-26-14-13-25-20-29-27-8-4-5-16-30(27,28(25)21-26)17-19-31(29)18-15-22-9-11-24(12-10-22)23-6-2-1-3-7-23;/h1-3,6-7,9-14,21,27,29,32H,4-5,8,15-20H2;1H/t27-,29-,30+;/m0./s1. The van der Waals surface area contributed by atoms with Gasteiger partial charge in [-0.3, -0.25) is 4.90 Å². The molecule has 3 aliphatic rings. The van der Waals surface area contributed by atoms with Gasteiger partial charge in [-0.1, -0.05) is 73.5 Å². The molecule has 2 bridgehead atoms. The predicted molar refractivity (Wildman–Crippen MR) is 138 cm³/mol. The molecule has 1 saturated carbocycles. The summed E-state index contributed by atoms with van der Waals surface area (Å²) in [5.41, 5.74) is 7.30. The van der Waals surface area contributed by atoms with Crippen molar-refractivity contribution < 1.29 is 5.11 Å². The van der Waals surface area contributed by atoms with Crippen molar-refractivity contribution in [3.63, 3.8) is 0 Å². The molecule has 172 valence electrons. The topological polar surface area (TPSA) is 23.5 Å². The number of benzene rings is 3. The van der Waals surface area contributed by atoms with Crippen molar-refractivity contribution in [2.45, 2.75) is 56.4 Å². The second-order valence-electron chi connectivity index (χ2n) is 10.2. The van der Waals surface area contributed by atoms with Gasteiger partial charge >= 0.3 is 0 Å². The van der Waals surface area contributed by atoms with Crippen LogP contribution in [0.15, 0.2) is 72.8 Å². The molecule has 1 saturated heterocycles. The lowest BCUT2D eigenvalue weighted by Crippen LogP contribution is -2.61. The van der Waals surface area contributed by atoms with Crippen LogP contribution in [-0.2, 0) is 18.3 Å². The van der Waals surface area contributed by atoms with Gasteiger partial charge < -0.3 is 5.11 Å². The lowest BCUT2D eigenvalue weighted by molar-refractivity contribution is -0.0106. The highest BCUT2D eigenvalue weighted by Crippen LogP contribution is 2.56. The van der Waals surface area contributed by atoms with Gasteiger partial charge in [-0.05, 0) is 84.5 Å². The zero-order chi connectivity index (χ0) is 21.5. The molecule has 1 N–H and O–H groups in total. The van der Waals surface area contributed by atoms with E-state index in [9.17, 15) is 5.11 Å². The number of phenols is 1. The summed E-state index contributed by atoms with van der Waals surface area (Å²) in [4.78, 5) is 2.80. The van der Waals surface area contributed by atoms with Crippen LogP contribution in [0.4, 0.5) is 0 Å². The summed E-state index contributed by atoms with van der Waals surface area (Å²) >= 11 is 0. The molecule has 1 heterocycles. The van der Waals surface area contributed by atoms with Gasteiger partial charge in [0.2, 0.25) is 0 Å². The van der Waals surface area contributed by atoms with E-state index in [0.717, 1.165) is 25.3 Å². The first kappa shape index (κ1) is 22.5. The molecule has 0 amide bonds. The highest BCUT2D eigenvalue weighted by atomic mass is 35.5. The molecule has 2 fully saturated rings. The molecule has 2 aliphatic carbocycles. The van der Waals surface area contributed by atoms with E-state index in [2.05, 4.69) is 71.6 Å². The van der Waals surface area contributed by atoms with Gasteiger partial charge in [-0.2, -0.15) is 0 Å². The number of nitrogens with zero attached hydrogens (tertiary/aromatic N) is 1. The molecular formula is C30H34ClNO. The Balaban J connectivity index is 0.00000228. The van der Waals surface area contributed by atoms with Gasteiger partial charge in [-0.15, -0.1) is 12.4 Å². The van der Waals surface area contributed by atoms with E-state index in [1.54, 1.807) is 0 Å². The van der Waals surface area contributed by atoms with Crippen molar-refractivity contribution in [2.75, 3.05) is 13.1 Å². The summed E-state index contributed by atoms with van der Waals surface area (Å²) in [6.45, 7) is 2.34. The Morgan fingerprint density at radius 3 is 2.48 bits per heavy atom. The smallest absolute Gasteiger partial charge is 0.115 e. The van der Waals surface area contributed by atoms with E-state index in [0.29, 0.717) is 17.2 Å². The minimum atomic E-state index is 0. The van der Waals surface area contributed by atoms with E-state index in [1.165, 1.54) is 66.5 Å². The van der Waals surface area contributed by atoms with Crippen molar-refractivity contribution in [2.24, 2.45) is 5.92 Å². The number of rotatable bonds is 4. The van der Waals surface area contributed by atoms with E-state index in [1.807, 2.05) is 6.07 Å². The van der Waals surface area contributed by atoms with Gasteiger partial charge in [0.15, 0.2) is 0 Å². The number of aromatic hydroxyl groups is 1. The molecule has 0 aromatic heterocycles. The average molecular weight is 460 g/mol. The number of piperidine rings is 1. The monoisotopic (exact) mass is 459 g/mol. The zero-order valence-corrected chi connectivity index (χ0v) is 20.1. The van der Waals surface area contributed by atoms with Crippen molar-refractivity contribution in [1.82, 2.24) is 4.90 Å². The Morgan fingerprint density at radius 2 is 1.67 bits per heavy atom. The molecule has 6 rings (SSSR count). The van der Waals surface area contributed by atoms with Crippen LogP contribution in [0.1, 0.15) is 48.8 Å². The van der Waals surface area contributed by atoms with Gasteiger partial charge in [0.05, 0.1) is 0 Å². The molecule has 1 aliphatic heterocycles. The fourth-order valence-electron chi connectivity index (χ4n) is 7.12. The van der Waals surface area contributed by atoms with Crippen LogP contribution < -0.4 is 0 Å². The average Bonchev–Trinajstić information content (AvgIpc) is 2.85. The molecule has 0 unspecified atom stereocenters. The van der Waals surface area contributed by atoms with Crippen LogP contribution in [0.3, 0.4) is 0 Å². The Labute approximate surface area is 204 Å². The lowest BCUT2D eigenvalue weighted by atomic mass is 9.52. The molecular weight excluding hydrogens is 426 g/mol. The molecule has 0 radical (unpaired) electrons. The summed E-state index contributed by atoms with van der Waals surface area (Å²) in [5.74, 6) is 1.20. The van der Waals surface area contributed by atoms with E-state index >= 15 is 0 Å². The van der Waals surface area contributed by atoms with Gasteiger partial charge in [-0.25, -0.2) is 0 Å². The SMILES string of the molecule is Cl.Oc1ccc2c(c1)[C@@]13CCCC[C@H]1[C@H](C2)N(CCc1ccc(-c2ccccc2)cc1)CC3. The molecule has 3 aromatic rings. The number of halogens is 1. The maximum Gasteiger partial charge on any atom is 0.115 e. The van der Waals surface area contributed by atoms with E-state index in [-0.39, 0.29) is 12.4 Å². The van der Waals surface area contributed by atoms with Crippen molar-refractivity contribution in [3.05, 3.63) is 89.5 Å². The zero-order valence-electron chi connectivity index (χ0n) is 19.2. The summed E-state index contributed by atoms with van der Waals surface area (Å²) in [5, 5.41) is 10.2. The first-order valence-electron chi connectivity index (χ1n) is 12.4. The maximum absolute atomic E-state index is 10.2. The second kappa shape index (κ2) is 9.16. The van der Waals surface area contributed by atoms with Crippen LogP contribution in [-0.4, -0.2) is 29.1 Å². The molecule has 33 heavy (non-hydrogen) atoms. The third-order valence-corrected chi connectivity index (χ3v) is 8.68. The first-order valence-corrected chi connectivity index (χ1v) is 12.4. The number of likely N-dealkylation sites (tertiary alicyclic amines) is 1. The third kappa shape index (κ3) is 3.98. The molecule has 3 aromatic carbocycles. The molecule has 3 atom stereocenters. The highest BCUT2D eigenvalue weighted by molar-refractivity contribution is 5.85. The molecule has 0 spiro atoms. The Bertz CT molecular complexity index is 1100. The molecule has 3 heteroatoms. The van der Waals surface area contributed by atoms with E-state index in [4.69, 9.17) is 0 Å². The Hall–Kier alpha value is -2.29. The summed E-state index contributed by atoms with van der Waals surface area (Å²) < 4.78 is 0. The second-order valence-corrected chi connectivity index (χ2v) is 10.2.